The van der Waals surface area contributed by atoms with Crippen LogP contribution in [-0.2, 0) is 0 Å². The van der Waals surface area contributed by atoms with Crippen LogP contribution in [-0.4, -0.2) is 15.0 Å². The highest BCUT2D eigenvalue weighted by atomic mass is 15.7. The summed E-state index contributed by atoms with van der Waals surface area (Å²) in [6, 6.07) is 48.7. The summed E-state index contributed by atoms with van der Waals surface area (Å²) < 4.78 is 0. The van der Waals surface area contributed by atoms with Crippen molar-refractivity contribution in [1.82, 2.24) is 20.5 Å². The van der Waals surface area contributed by atoms with Crippen molar-refractivity contribution in [3.63, 3.8) is 0 Å². The van der Waals surface area contributed by atoms with Gasteiger partial charge in [-0.15, -0.1) is 5.53 Å². The Bertz CT molecular complexity index is 2340. The van der Waals surface area contributed by atoms with Gasteiger partial charge in [0, 0.05) is 16.7 Å². The van der Waals surface area contributed by atoms with Crippen LogP contribution >= 0.6 is 0 Å². The molecule has 1 aromatic heterocycles. The van der Waals surface area contributed by atoms with E-state index in [4.69, 9.17) is 15.0 Å². The number of benzene rings is 6. The first-order valence-corrected chi connectivity index (χ1v) is 16.4. The van der Waals surface area contributed by atoms with E-state index >= 15 is 0 Å². The molecular formula is C43H34N6. The van der Waals surface area contributed by atoms with E-state index in [1.165, 1.54) is 21.9 Å². The maximum atomic E-state index is 4.91. The minimum Gasteiger partial charge on any atom is -0.301 e. The lowest BCUT2D eigenvalue weighted by Gasteiger charge is -2.18. The van der Waals surface area contributed by atoms with Gasteiger partial charge in [-0.2, -0.15) is 0 Å². The summed E-state index contributed by atoms with van der Waals surface area (Å²) in [5.74, 6) is 1.95. The van der Waals surface area contributed by atoms with Crippen molar-refractivity contribution >= 4 is 33.4 Å². The third kappa shape index (κ3) is 5.86. The molecule has 6 heteroatoms. The number of aromatic nitrogens is 3. The van der Waals surface area contributed by atoms with Crippen molar-refractivity contribution in [2.75, 3.05) is 10.4 Å². The van der Waals surface area contributed by atoms with E-state index in [2.05, 4.69) is 113 Å². The topological polar surface area (TPSA) is 66.0 Å². The molecule has 0 unspecified atom stereocenters. The number of nitrogens with zero attached hydrogens (tertiary/aromatic N) is 4. The maximum Gasteiger partial charge on any atom is 0.164 e. The second-order valence-corrected chi connectivity index (χ2v) is 11.9. The maximum absolute atomic E-state index is 4.91. The zero-order valence-electron chi connectivity index (χ0n) is 27.3. The predicted octanol–water partition coefficient (Wildman–Crippen LogP) is 10.7. The van der Waals surface area contributed by atoms with Crippen molar-refractivity contribution in [1.29, 1.82) is 0 Å². The Morgan fingerprint density at radius 2 is 1.27 bits per heavy atom. The lowest BCUT2D eigenvalue weighted by molar-refractivity contribution is 0.863. The van der Waals surface area contributed by atoms with Crippen molar-refractivity contribution in [3.8, 4) is 45.0 Å². The van der Waals surface area contributed by atoms with Gasteiger partial charge in [0.05, 0.1) is 17.1 Å². The number of fused-ring (bicyclic) bond motifs is 2. The molecule has 236 valence electrons. The highest BCUT2D eigenvalue weighted by Gasteiger charge is 2.19. The molecule has 6 aromatic carbocycles. The SMILES string of the molecule is C/C=C\C(=C/C)c1nc(-c2ccccc2)nc(-c2ccc(-c3cccc4ccc(-c5ccc(N6NNc7ccccc76)cc5)cc34)cc2)n1. The third-order valence-electron chi connectivity index (χ3n) is 8.83. The lowest BCUT2D eigenvalue weighted by Crippen LogP contribution is -2.31. The fourth-order valence-electron chi connectivity index (χ4n) is 6.29. The van der Waals surface area contributed by atoms with Gasteiger partial charge in [0.15, 0.2) is 17.5 Å². The van der Waals surface area contributed by atoms with E-state index < -0.39 is 0 Å². The van der Waals surface area contributed by atoms with Crippen molar-refractivity contribution in [2.45, 2.75) is 13.8 Å². The van der Waals surface area contributed by atoms with Crippen molar-refractivity contribution in [2.24, 2.45) is 0 Å². The summed E-state index contributed by atoms with van der Waals surface area (Å²) in [5.41, 5.74) is 17.2. The summed E-state index contributed by atoms with van der Waals surface area (Å²) in [5, 5.41) is 4.46. The molecule has 2 N–H and O–H groups in total. The second kappa shape index (κ2) is 13.0. The molecule has 8 rings (SSSR count). The smallest absolute Gasteiger partial charge is 0.164 e. The van der Waals surface area contributed by atoms with Gasteiger partial charge in [0.2, 0.25) is 0 Å². The normalized spacial score (nSPS) is 12.8. The molecule has 0 saturated heterocycles. The summed E-state index contributed by atoms with van der Waals surface area (Å²) in [6.07, 6.45) is 6.06. The Balaban J connectivity index is 1.12. The molecule has 0 bridgehead atoms. The minimum atomic E-state index is 0.645. The summed E-state index contributed by atoms with van der Waals surface area (Å²) in [7, 11) is 0. The number of allylic oxidation sites excluding steroid dienone is 4. The fourth-order valence-corrected chi connectivity index (χ4v) is 6.29. The van der Waals surface area contributed by atoms with Crippen LogP contribution in [0.5, 0.6) is 0 Å². The van der Waals surface area contributed by atoms with E-state index in [1.54, 1.807) is 0 Å². The van der Waals surface area contributed by atoms with Crippen molar-refractivity contribution < 1.29 is 0 Å². The van der Waals surface area contributed by atoms with Gasteiger partial charge in [0.25, 0.3) is 0 Å². The number of para-hydroxylation sites is 2. The van der Waals surface area contributed by atoms with Crippen LogP contribution < -0.4 is 16.0 Å². The van der Waals surface area contributed by atoms with Crippen LogP contribution in [0.15, 0.2) is 158 Å². The molecule has 0 aliphatic carbocycles. The lowest BCUT2D eigenvalue weighted by atomic mass is 9.94. The predicted molar refractivity (Wildman–Crippen MR) is 203 cm³/mol. The zero-order chi connectivity index (χ0) is 33.2. The van der Waals surface area contributed by atoms with Gasteiger partial charge in [-0.25, -0.2) is 15.0 Å². The molecule has 0 radical (unpaired) electrons. The van der Waals surface area contributed by atoms with Gasteiger partial charge in [0.1, 0.15) is 0 Å². The minimum absolute atomic E-state index is 0.645. The molecule has 6 nitrogen and oxygen atoms in total. The Labute approximate surface area is 286 Å². The average molecular weight is 635 g/mol. The van der Waals surface area contributed by atoms with Crippen LogP contribution in [0.25, 0.3) is 61.4 Å². The average Bonchev–Trinajstić information content (AvgIpc) is 3.61. The summed E-state index contributed by atoms with van der Waals surface area (Å²) >= 11 is 0. The molecule has 1 aliphatic rings. The number of anilines is 3. The molecule has 0 amide bonds. The number of hydrogen-bond acceptors (Lipinski definition) is 6. The van der Waals surface area contributed by atoms with E-state index in [-0.39, 0.29) is 0 Å². The molecule has 0 atom stereocenters. The Hall–Kier alpha value is -6.37. The molecule has 0 saturated carbocycles. The Morgan fingerprint density at radius 3 is 2.02 bits per heavy atom. The quantitative estimate of drug-likeness (QED) is 0.170. The molecule has 1 aliphatic heterocycles. The monoisotopic (exact) mass is 634 g/mol. The highest BCUT2D eigenvalue weighted by Crippen LogP contribution is 2.37. The largest absolute Gasteiger partial charge is 0.301 e. The number of hydrogen-bond donors (Lipinski definition) is 2. The first-order chi connectivity index (χ1) is 24.2. The second-order valence-electron chi connectivity index (χ2n) is 11.9. The van der Waals surface area contributed by atoms with E-state index in [0.717, 1.165) is 44.9 Å². The summed E-state index contributed by atoms with van der Waals surface area (Å²) in [4.78, 5) is 14.6. The van der Waals surface area contributed by atoms with E-state index in [1.807, 2.05) is 74.5 Å². The molecule has 49 heavy (non-hydrogen) atoms. The Morgan fingerprint density at radius 1 is 0.592 bits per heavy atom. The number of nitrogens with one attached hydrogen (secondary N) is 2. The van der Waals surface area contributed by atoms with Crippen LogP contribution in [0.3, 0.4) is 0 Å². The van der Waals surface area contributed by atoms with E-state index in [9.17, 15) is 0 Å². The first-order valence-electron chi connectivity index (χ1n) is 16.4. The number of rotatable bonds is 7. The first kappa shape index (κ1) is 30.0. The van der Waals surface area contributed by atoms with E-state index in [0.29, 0.717) is 17.5 Å². The van der Waals surface area contributed by atoms with Gasteiger partial charge in [-0.3, -0.25) is 5.01 Å². The van der Waals surface area contributed by atoms with Gasteiger partial charge >= 0.3 is 0 Å². The van der Waals surface area contributed by atoms with Crippen LogP contribution in [0, 0.1) is 0 Å². The highest BCUT2D eigenvalue weighted by molar-refractivity contribution is 5.99. The van der Waals surface area contributed by atoms with Crippen LogP contribution in [0.1, 0.15) is 19.7 Å². The van der Waals surface area contributed by atoms with Crippen LogP contribution in [0.2, 0.25) is 0 Å². The standard InChI is InChI=1S/C43H34N6/c1-3-11-29(4-2)41-44-42(33-12-6-5-7-13-33)46-43(45-41)34-21-18-32(19-22-34)37-15-10-14-31-20-23-35(28-38(31)37)30-24-26-36(27-25-30)49-40-17-9-8-16-39(40)47-48-49/h3-28,47-48H,1-2H3/b11-3-,29-4+. The molecule has 7 aromatic rings. The van der Waals surface area contributed by atoms with Gasteiger partial charge in [-0.05, 0) is 77.2 Å². The van der Waals surface area contributed by atoms with Crippen LogP contribution in [0.4, 0.5) is 17.1 Å². The number of hydrazine groups is 2. The zero-order valence-corrected chi connectivity index (χ0v) is 27.3. The molecule has 0 spiro atoms. The van der Waals surface area contributed by atoms with Gasteiger partial charge in [-0.1, -0.05) is 127 Å². The van der Waals surface area contributed by atoms with Gasteiger partial charge < -0.3 is 5.43 Å². The molecule has 0 fully saturated rings. The Kier molecular flexibility index (Phi) is 7.97. The fraction of sp³-hybridized carbons (Fsp3) is 0.0465. The molecule has 2 heterocycles. The molecular weight excluding hydrogens is 601 g/mol. The summed E-state index contributed by atoms with van der Waals surface area (Å²) in [6.45, 7) is 4.00. The van der Waals surface area contributed by atoms with Crippen molar-refractivity contribution in [3.05, 3.63) is 164 Å². The third-order valence-corrected chi connectivity index (χ3v) is 8.83.